The van der Waals surface area contributed by atoms with E-state index in [0.29, 0.717) is 11.7 Å². The first-order chi connectivity index (χ1) is 7.58. The lowest BCUT2D eigenvalue weighted by molar-refractivity contribution is 0.677. The molecule has 0 saturated carbocycles. The van der Waals surface area contributed by atoms with Gasteiger partial charge in [-0.3, -0.25) is 4.79 Å². The number of hydrogen-bond acceptors (Lipinski definition) is 2. The Morgan fingerprint density at radius 3 is 2.88 bits per heavy atom. The molecular formula is C10H9BrClN3O. The molecule has 0 amide bonds. The lowest BCUT2D eigenvalue weighted by atomic mass is 10.4. The van der Waals surface area contributed by atoms with Gasteiger partial charge in [0.15, 0.2) is 0 Å². The summed E-state index contributed by atoms with van der Waals surface area (Å²) in [6.45, 7) is 0.404. The summed E-state index contributed by atoms with van der Waals surface area (Å²) in [4.78, 5) is 15.7. The molecule has 0 aromatic carbocycles. The Morgan fingerprint density at radius 1 is 1.50 bits per heavy atom. The van der Waals surface area contributed by atoms with Crippen molar-refractivity contribution in [3.05, 3.63) is 50.3 Å². The van der Waals surface area contributed by atoms with Crippen LogP contribution in [0.4, 0.5) is 0 Å². The molecule has 2 aromatic heterocycles. The van der Waals surface area contributed by atoms with Crippen molar-refractivity contribution < 1.29 is 0 Å². The summed E-state index contributed by atoms with van der Waals surface area (Å²) >= 11 is 9.19. The number of rotatable bonds is 2. The molecule has 0 bridgehead atoms. The van der Waals surface area contributed by atoms with E-state index >= 15 is 0 Å². The van der Waals surface area contributed by atoms with E-state index in [2.05, 4.69) is 20.9 Å². The van der Waals surface area contributed by atoms with Crippen LogP contribution >= 0.6 is 27.5 Å². The average Bonchev–Trinajstić information content (AvgIpc) is 2.55. The summed E-state index contributed by atoms with van der Waals surface area (Å²) in [6, 6.07) is 3.22. The number of hydrogen-bond donors (Lipinski definition) is 0. The normalized spacial score (nSPS) is 10.7. The van der Waals surface area contributed by atoms with Gasteiger partial charge in [-0.25, -0.2) is 4.98 Å². The van der Waals surface area contributed by atoms with E-state index in [1.165, 1.54) is 6.07 Å². The summed E-state index contributed by atoms with van der Waals surface area (Å²) < 4.78 is 4.17. The first-order valence-corrected chi connectivity index (χ1v) is 5.77. The molecule has 0 aliphatic rings. The van der Waals surface area contributed by atoms with Crippen molar-refractivity contribution in [2.24, 2.45) is 7.05 Å². The van der Waals surface area contributed by atoms with E-state index in [9.17, 15) is 4.79 Å². The molecule has 2 heterocycles. The van der Waals surface area contributed by atoms with Crippen molar-refractivity contribution >= 4 is 27.5 Å². The molecule has 0 spiro atoms. The quantitative estimate of drug-likeness (QED) is 0.852. The lowest BCUT2D eigenvalue weighted by Gasteiger charge is -2.06. The zero-order valence-corrected chi connectivity index (χ0v) is 10.9. The maximum Gasteiger partial charge on any atom is 0.250 e. The number of pyridine rings is 1. The first kappa shape index (κ1) is 11.4. The van der Waals surface area contributed by atoms with Gasteiger partial charge < -0.3 is 9.13 Å². The Bertz CT molecular complexity index is 576. The third-order valence-corrected chi connectivity index (χ3v) is 3.11. The molecule has 0 N–H and O–H groups in total. The molecular weight excluding hydrogens is 293 g/mol. The molecule has 0 atom stereocenters. The second-order valence-corrected chi connectivity index (χ2v) is 4.67. The molecule has 2 aromatic rings. The van der Waals surface area contributed by atoms with Crippen LogP contribution in [-0.2, 0) is 13.6 Å². The Balaban J connectivity index is 2.37. The topological polar surface area (TPSA) is 39.8 Å². The van der Waals surface area contributed by atoms with E-state index in [-0.39, 0.29) is 5.56 Å². The van der Waals surface area contributed by atoms with Gasteiger partial charge in [0.25, 0.3) is 5.56 Å². The minimum Gasteiger partial charge on any atom is -0.321 e. The SMILES string of the molecule is Cn1c(Cl)cnc1Cn1cc(Br)ccc1=O. The lowest BCUT2D eigenvalue weighted by Crippen LogP contribution is -2.20. The molecule has 4 nitrogen and oxygen atoms in total. The fourth-order valence-corrected chi connectivity index (χ4v) is 1.87. The molecule has 2 rings (SSSR count). The van der Waals surface area contributed by atoms with Gasteiger partial charge in [-0.15, -0.1) is 0 Å². The third-order valence-electron chi connectivity index (χ3n) is 2.29. The fourth-order valence-electron chi connectivity index (χ4n) is 1.35. The highest BCUT2D eigenvalue weighted by atomic mass is 79.9. The molecule has 6 heteroatoms. The van der Waals surface area contributed by atoms with Gasteiger partial charge in [-0.05, 0) is 22.0 Å². The third kappa shape index (κ3) is 2.20. The standard InChI is InChI=1S/C10H9BrClN3O/c1-14-8(12)4-13-9(14)6-15-5-7(11)2-3-10(15)16/h2-5H,6H2,1H3. The number of imidazole rings is 1. The van der Waals surface area contributed by atoms with Crippen LogP contribution in [0.3, 0.4) is 0 Å². The highest BCUT2D eigenvalue weighted by molar-refractivity contribution is 9.10. The Labute approximate surface area is 106 Å². The monoisotopic (exact) mass is 301 g/mol. The molecule has 16 heavy (non-hydrogen) atoms. The number of halogens is 2. The molecule has 0 aliphatic heterocycles. The minimum atomic E-state index is -0.0673. The van der Waals surface area contributed by atoms with Crippen molar-refractivity contribution in [2.45, 2.75) is 6.54 Å². The summed E-state index contributed by atoms with van der Waals surface area (Å²) in [5.74, 6) is 0.741. The predicted octanol–water partition coefficient (Wildman–Crippen LogP) is 2.05. The van der Waals surface area contributed by atoms with Gasteiger partial charge in [-0.1, -0.05) is 11.6 Å². The Morgan fingerprint density at radius 2 is 2.25 bits per heavy atom. The molecule has 0 aliphatic carbocycles. The Hall–Kier alpha value is -1.07. The highest BCUT2D eigenvalue weighted by Gasteiger charge is 2.06. The van der Waals surface area contributed by atoms with E-state index in [4.69, 9.17) is 11.6 Å². The van der Waals surface area contributed by atoms with Crippen molar-refractivity contribution in [2.75, 3.05) is 0 Å². The summed E-state index contributed by atoms with van der Waals surface area (Å²) in [6.07, 6.45) is 3.30. The summed E-state index contributed by atoms with van der Waals surface area (Å²) in [5.41, 5.74) is -0.0673. The highest BCUT2D eigenvalue weighted by Crippen LogP contribution is 2.11. The van der Waals surface area contributed by atoms with Gasteiger partial charge in [0, 0.05) is 23.8 Å². The average molecular weight is 303 g/mol. The van der Waals surface area contributed by atoms with Crippen molar-refractivity contribution in [1.82, 2.24) is 14.1 Å². The van der Waals surface area contributed by atoms with Gasteiger partial charge in [0.05, 0.1) is 12.7 Å². The molecule has 0 saturated heterocycles. The van der Waals surface area contributed by atoms with Gasteiger partial charge in [0.1, 0.15) is 11.0 Å². The summed E-state index contributed by atoms with van der Waals surface area (Å²) in [5, 5.41) is 0.554. The van der Waals surface area contributed by atoms with Crippen LogP contribution in [0.25, 0.3) is 0 Å². The zero-order chi connectivity index (χ0) is 11.7. The maximum atomic E-state index is 11.6. The van der Waals surface area contributed by atoms with Gasteiger partial charge >= 0.3 is 0 Å². The zero-order valence-electron chi connectivity index (χ0n) is 8.52. The summed E-state index contributed by atoms with van der Waals surface area (Å²) in [7, 11) is 1.81. The maximum absolute atomic E-state index is 11.6. The van der Waals surface area contributed by atoms with Crippen molar-refractivity contribution in [1.29, 1.82) is 0 Å². The van der Waals surface area contributed by atoms with Crippen LogP contribution in [0.5, 0.6) is 0 Å². The van der Waals surface area contributed by atoms with Gasteiger partial charge in [-0.2, -0.15) is 0 Å². The van der Waals surface area contributed by atoms with E-state index in [1.54, 1.807) is 27.6 Å². The Kier molecular flexibility index (Phi) is 3.16. The van der Waals surface area contributed by atoms with E-state index in [0.717, 1.165) is 10.3 Å². The van der Waals surface area contributed by atoms with E-state index < -0.39 is 0 Å². The predicted molar refractivity (Wildman–Crippen MR) is 65.7 cm³/mol. The minimum absolute atomic E-state index is 0.0673. The first-order valence-electron chi connectivity index (χ1n) is 4.60. The van der Waals surface area contributed by atoms with Crippen LogP contribution in [-0.4, -0.2) is 14.1 Å². The van der Waals surface area contributed by atoms with Crippen LogP contribution in [0.15, 0.2) is 33.8 Å². The van der Waals surface area contributed by atoms with Gasteiger partial charge in [0.2, 0.25) is 0 Å². The fraction of sp³-hybridized carbons (Fsp3) is 0.200. The van der Waals surface area contributed by atoms with Crippen molar-refractivity contribution in [3.63, 3.8) is 0 Å². The number of aromatic nitrogens is 3. The molecule has 0 fully saturated rings. The van der Waals surface area contributed by atoms with Crippen molar-refractivity contribution in [3.8, 4) is 0 Å². The second-order valence-electron chi connectivity index (χ2n) is 3.37. The second kappa shape index (κ2) is 4.43. The largest absolute Gasteiger partial charge is 0.321 e. The van der Waals surface area contributed by atoms with Crippen LogP contribution in [0.2, 0.25) is 5.15 Å². The van der Waals surface area contributed by atoms with Crippen LogP contribution in [0.1, 0.15) is 5.82 Å². The van der Waals surface area contributed by atoms with E-state index in [1.807, 2.05) is 7.05 Å². The molecule has 0 unspecified atom stereocenters. The van der Waals surface area contributed by atoms with Crippen LogP contribution < -0.4 is 5.56 Å². The number of nitrogens with zero attached hydrogens (tertiary/aromatic N) is 3. The molecule has 84 valence electrons. The smallest absolute Gasteiger partial charge is 0.250 e. The molecule has 0 radical (unpaired) electrons. The van der Waals surface area contributed by atoms with Crippen LogP contribution in [0, 0.1) is 0 Å².